The van der Waals surface area contributed by atoms with Crippen LogP contribution < -0.4 is 5.32 Å². The summed E-state index contributed by atoms with van der Waals surface area (Å²) < 4.78 is 5.13. The van der Waals surface area contributed by atoms with Gasteiger partial charge < -0.3 is 15.0 Å². The van der Waals surface area contributed by atoms with Crippen molar-refractivity contribution in [3.63, 3.8) is 0 Å². The molecule has 1 aliphatic heterocycles. The zero-order chi connectivity index (χ0) is 16.2. The van der Waals surface area contributed by atoms with Crippen LogP contribution in [-0.2, 0) is 4.74 Å². The summed E-state index contributed by atoms with van der Waals surface area (Å²) in [5, 5.41) is 2.82. The SMILES string of the molecule is CN1CC(CNC(=O)c2cccc(-c3ccccc3)c2)OC1=O. The van der Waals surface area contributed by atoms with E-state index in [1.165, 1.54) is 4.90 Å². The average Bonchev–Trinajstić information content (AvgIpc) is 2.92. The molecule has 0 aromatic heterocycles. The molecule has 1 atom stereocenters. The van der Waals surface area contributed by atoms with Gasteiger partial charge in [-0.05, 0) is 23.3 Å². The number of hydrogen-bond donors (Lipinski definition) is 1. The molecule has 1 unspecified atom stereocenters. The lowest BCUT2D eigenvalue weighted by atomic mass is 10.0. The van der Waals surface area contributed by atoms with Gasteiger partial charge in [-0.2, -0.15) is 0 Å². The van der Waals surface area contributed by atoms with E-state index in [0.717, 1.165) is 11.1 Å². The summed E-state index contributed by atoms with van der Waals surface area (Å²) in [5.41, 5.74) is 2.64. The molecule has 0 saturated carbocycles. The van der Waals surface area contributed by atoms with Crippen LogP contribution in [0.25, 0.3) is 11.1 Å². The van der Waals surface area contributed by atoms with Gasteiger partial charge in [0.05, 0.1) is 13.1 Å². The van der Waals surface area contributed by atoms with E-state index in [1.807, 2.05) is 48.5 Å². The Morgan fingerprint density at radius 1 is 1.17 bits per heavy atom. The quantitative estimate of drug-likeness (QED) is 0.944. The van der Waals surface area contributed by atoms with Crippen molar-refractivity contribution in [2.45, 2.75) is 6.10 Å². The maximum absolute atomic E-state index is 12.3. The normalized spacial score (nSPS) is 17.0. The topological polar surface area (TPSA) is 58.6 Å². The minimum atomic E-state index is -0.352. The van der Waals surface area contributed by atoms with Crippen LogP contribution in [0.1, 0.15) is 10.4 Å². The summed E-state index contributed by atoms with van der Waals surface area (Å²) in [6.07, 6.45) is -0.649. The number of likely N-dealkylation sites (N-methyl/N-ethyl adjacent to an activating group) is 1. The number of rotatable bonds is 4. The number of nitrogens with zero attached hydrogens (tertiary/aromatic N) is 1. The monoisotopic (exact) mass is 310 g/mol. The van der Waals surface area contributed by atoms with Gasteiger partial charge >= 0.3 is 6.09 Å². The Balaban J connectivity index is 1.65. The molecule has 0 spiro atoms. The van der Waals surface area contributed by atoms with E-state index in [-0.39, 0.29) is 18.1 Å². The van der Waals surface area contributed by atoms with Gasteiger partial charge in [0, 0.05) is 12.6 Å². The first kappa shape index (κ1) is 15.1. The predicted molar refractivity (Wildman–Crippen MR) is 87.1 cm³/mol. The highest BCUT2D eigenvalue weighted by Crippen LogP contribution is 2.20. The van der Waals surface area contributed by atoms with Gasteiger partial charge in [0.2, 0.25) is 0 Å². The minimum Gasteiger partial charge on any atom is -0.442 e. The van der Waals surface area contributed by atoms with Gasteiger partial charge in [0.25, 0.3) is 5.91 Å². The van der Waals surface area contributed by atoms with Crippen molar-refractivity contribution >= 4 is 12.0 Å². The van der Waals surface area contributed by atoms with Crippen LogP contribution >= 0.6 is 0 Å². The molecule has 1 aliphatic rings. The minimum absolute atomic E-state index is 0.173. The number of carbonyl (C=O) groups excluding carboxylic acids is 2. The van der Waals surface area contributed by atoms with Crippen LogP contribution in [0.15, 0.2) is 54.6 Å². The first-order valence-electron chi connectivity index (χ1n) is 7.49. The molecule has 118 valence electrons. The molecule has 1 fully saturated rings. The van der Waals surface area contributed by atoms with Crippen LogP contribution in [0.4, 0.5) is 4.79 Å². The largest absolute Gasteiger partial charge is 0.442 e. The number of carbonyl (C=O) groups is 2. The van der Waals surface area contributed by atoms with Gasteiger partial charge in [-0.1, -0.05) is 42.5 Å². The molecule has 3 rings (SSSR count). The summed E-state index contributed by atoms with van der Waals surface area (Å²) in [7, 11) is 1.67. The molecule has 2 amide bonds. The lowest BCUT2D eigenvalue weighted by Crippen LogP contribution is -2.34. The van der Waals surface area contributed by atoms with E-state index in [0.29, 0.717) is 18.7 Å². The Bertz CT molecular complexity index is 715. The summed E-state index contributed by atoms with van der Waals surface area (Å²) in [6, 6.07) is 17.4. The average molecular weight is 310 g/mol. The van der Waals surface area contributed by atoms with E-state index in [9.17, 15) is 9.59 Å². The van der Waals surface area contributed by atoms with Crippen molar-refractivity contribution in [1.82, 2.24) is 10.2 Å². The lowest BCUT2D eigenvalue weighted by Gasteiger charge is -2.10. The number of cyclic esters (lactones) is 1. The van der Waals surface area contributed by atoms with Gasteiger partial charge in [-0.3, -0.25) is 4.79 Å². The highest BCUT2D eigenvalue weighted by Gasteiger charge is 2.28. The molecule has 0 bridgehead atoms. The standard InChI is InChI=1S/C18H18N2O3/c1-20-12-16(23-18(20)22)11-19-17(21)15-9-5-8-14(10-15)13-6-3-2-4-7-13/h2-10,16H,11-12H2,1H3,(H,19,21). The maximum atomic E-state index is 12.3. The molecule has 2 aromatic carbocycles. The summed E-state index contributed by atoms with van der Waals surface area (Å²) in [4.78, 5) is 25.1. The van der Waals surface area contributed by atoms with Gasteiger partial charge in [-0.25, -0.2) is 4.79 Å². The van der Waals surface area contributed by atoms with Crippen molar-refractivity contribution < 1.29 is 14.3 Å². The van der Waals surface area contributed by atoms with Gasteiger partial charge in [0.1, 0.15) is 6.10 Å². The second-order valence-corrected chi connectivity index (χ2v) is 5.54. The fraction of sp³-hybridized carbons (Fsp3) is 0.222. The van der Waals surface area contributed by atoms with Gasteiger partial charge in [0.15, 0.2) is 0 Å². The van der Waals surface area contributed by atoms with Crippen molar-refractivity contribution in [3.05, 3.63) is 60.2 Å². The third-order valence-corrected chi connectivity index (χ3v) is 3.78. The van der Waals surface area contributed by atoms with Crippen LogP contribution in [0, 0.1) is 0 Å². The zero-order valence-corrected chi connectivity index (χ0v) is 12.9. The molecule has 1 heterocycles. The second kappa shape index (κ2) is 6.52. The number of amides is 2. The molecule has 5 nitrogen and oxygen atoms in total. The number of ether oxygens (including phenoxy) is 1. The Hall–Kier alpha value is -2.82. The lowest BCUT2D eigenvalue weighted by molar-refractivity contribution is 0.0915. The smallest absolute Gasteiger partial charge is 0.410 e. The molecular formula is C18H18N2O3. The summed E-state index contributed by atoms with van der Waals surface area (Å²) in [5.74, 6) is -0.173. The van der Waals surface area contributed by atoms with Crippen LogP contribution in [-0.4, -0.2) is 43.1 Å². The maximum Gasteiger partial charge on any atom is 0.410 e. The Kier molecular flexibility index (Phi) is 4.28. The fourth-order valence-electron chi connectivity index (χ4n) is 2.54. The van der Waals surface area contributed by atoms with Crippen molar-refractivity contribution in [2.24, 2.45) is 0 Å². The molecule has 0 aliphatic carbocycles. The number of nitrogens with one attached hydrogen (secondary N) is 1. The molecule has 1 saturated heterocycles. The predicted octanol–water partition coefficient (Wildman–Crippen LogP) is 2.53. The molecule has 1 N–H and O–H groups in total. The highest BCUT2D eigenvalue weighted by atomic mass is 16.6. The van der Waals surface area contributed by atoms with Crippen molar-refractivity contribution in [1.29, 1.82) is 0 Å². The Morgan fingerprint density at radius 3 is 2.61 bits per heavy atom. The Labute approximate surface area is 134 Å². The third-order valence-electron chi connectivity index (χ3n) is 3.78. The van der Waals surface area contributed by atoms with E-state index < -0.39 is 0 Å². The van der Waals surface area contributed by atoms with E-state index in [1.54, 1.807) is 13.1 Å². The number of hydrogen-bond acceptors (Lipinski definition) is 3. The van der Waals surface area contributed by atoms with E-state index in [2.05, 4.69) is 5.32 Å². The zero-order valence-electron chi connectivity index (χ0n) is 12.9. The molecule has 5 heteroatoms. The number of benzene rings is 2. The first-order valence-corrected chi connectivity index (χ1v) is 7.49. The molecular weight excluding hydrogens is 292 g/mol. The van der Waals surface area contributed by atoms with E-state index >= 15 is 0 Å². The van der Waals surface area contributed by atoms with Crippen LogP contribution in [0.3, 0.4) is 0 Å². The molecule has 0 radical (unpaired) electrons. The third kappa shape index (κ3) is 3.51. The second-order valence-electron chi connectivity index (χ2n) is 5.54. The highest BCUT2D eigenvalue weighted by molar-refractivity contribution is 5.95. The first-order chi connectivity index (χ1) is 11.1. The van der Waals surface area contributed by atoms with Crippen molar-refractivity contribution in [3.8, 4) is 11.1 Å². The van der Waals surface area contributed by atoms with Gasteiger partial charge in [-0.15, -0.1) is 0 Å². The van der Waals surface area contributed by atoms with Crippen molar-refractivity contribution in [2.75, 3.05) is 20.1 Å². The van der Waals surface area contributed by atoms with E-state index in [4.69, 9.17) is 4.74 Å². The Morgan fingerprint density at radius 2 is 1.91 bits per heavy atom. The summed E-state index contributed by atoms with van der Waals surface area (Å²) >= 11 is 0. The molecule has 2 aromatic rings. The van der Waals surface area contributed by atoms with Crippen LogP contribution in [0.5, 0.6) is 0 Å². The molecule has 23 heavy (non-hydrogen) atoms. The summed E-state index contributed by atoms with van der Waals surface area (Å²) in [6.45, 7) is 0.799. The fourth-order valence-corrected chi connectivity index (χ4v) is 2.54. The van der Waals surface area contributed by atoms with Crippen LogP contribution in [0.2, 0.25) is 0 Å².